The number of rotatable bonds is 7. The van der Waals surface area contributed by atoms with Gasteiger partial charge in [-0.15, -0.1) is 0 Å². The number of carbonyl (C=O) groups is 1. The lowest BCUT2D eigenvalue weighted by Gasteiger charge is -2.29. The Bertz CT molecular complexity index is 882. The molecule has 1 N–H and O–H groups in total. The van der Waals surface area contributed by atoms with Gasteiger partial charge in [-0.2, -0.15) is 0 Å². The molecule has 2 aromatic carbocycles. The second-order valence-electron chi connectivity index (χ2n) is 5.85. The summed E-state index contributed by atoms with van der Waals surface area (Å²) in [6.07, 6.45) is 0. The summed E-state index contributed by atoms with van der Waals surface area (Å²) in [7, 11) is -2.29. The molecule has 0 amide bonds. The first kappa shape index (κ1) is 19.6. The Morgan fingerprint density at radius 2 is 1.88 bits per heavy atom. The average molecular weight is 382 g/mol. The fourth-order valence-electron chi connectivity index (χ4n) is 2.31. The predicted molar refractivity (Wildman–Crippen MR) is 97.4 cm³/mol. The third-order valence-electron chi connectivity index (χ3n) is 4.04. The van der Waals surface area contributed by atoms with Crippen LogP contribution in [-0.2, 0) is 20.4 Å². The summed E-state index contributed by atoms with van der Waals surface area (Å²) in [5, 5.41) is 0.540. The van der Waals surface area contributed by atoms with E-state index in [0.29, 0.717) is 10.6 Å². The maximum absolute atomic E-state index is 12.6. The van der Waals surface area contributed by atoms with Crippen molar-refractivity contribution in [3.8, 4) is 0 Å². The molecule has 0 radical (unpaired) electrons. The summed E-state index contributed by atoms with van der Waals surface area (Å²) in [5.41, 5.74) is 0.200. The second kappa shape index (κ2) is 7.66. The molecule has 0 bridgehead atoms. The van der Waals surface area contributed by atoms with Crippen LogP contribution in [0.15, 0.2) is 53.4 Å². The maximum atomic E-state index is 12.6. The van der Waals surface area contributed by atoms with E-state index in [-0.39, 0.29) is 17.2 Å². The van der Waals surface area contributed by atoms with Gasteiger partial charge in [-0.3, -0.25) is 4.79 Å². The largest absolute Gasteiger partial charge is 0.372 e. The van der Waals surface area contributed by atoms with Crippen LogP contribution >= 0.6 is 11.6 Å². The SMILES string of the molecule is COC(C)(CNS(=O)(=O)c1cccc(C(C)=O)c1)c1cccc(Cl)c1. The molecule has 5 nitrogen and oxygen atoms in total. The Kier molecular flexibility index (Phi) is 6.00. The molecule has 134 valence electrons. The van der Waals surface area contributed by atoms with E-state index in [2.05, 4.69) is 4.72 Å². The molecule has 0 saturated carbocycles. The quantitative estimate of drug-likeness (QED) is 0.746. The topological polar surface area (TPSA) is 72.5 Å². The predicted octanol–water partition coefficient (Wildman–Crippen LogP) is 3.38. The Morgan fingerprint density at radius 1 is 1.20 bits per heavy atom. The Balaban J connectivity index is 2.25. The van der Waals surface area contributed by atoms with Gasteiger partial charge in [0.1, 0.15) is 5.60 Å². The molecule has 0 aromatic heterocycles. The highest BCUT2D eigenvalue weighted by atomic mass is 35.5. The second-order valence-corrected chi connectivity index (χ2v) is 8.06. The van der Waals surface area contributed by atoms with Crippen molar-refractivity contribution in [1.82, 2.24) is 4.72 Å². The number of halogens is 1. The summed E-state index contributed by atoms with van der Waals surface area (Å²) in [4.78, 5) is 11.5. The molecule has 0 heterocycles. The van der Waals surface area contributed by atoms with Crippen molar-refractivity contribution in [3.63, 3.8) is 0 Å². The Labute approximate surface area is 153 Å². The molecule has 25 heavy (non-hydrogen) atoms. The van der Waals surface area contributed by atoms with Gasteiger partial charge in [-0.25, -0.2) is 13.1 Å². The first-order chi connectivity index (χ1) is 11.7. The highest BCUT2D eigenvalue weighted by molar-refractivity contribution is 7.89. The fourth-order valence-corrected chi connectivity index (χ4v) is 3.67. The van der Waals surface area contributed by atoms with Crippen molar-refractivity contribution in [3.05, 3.63) is 64.7 Å². The molecule has 2 aromatic rings. The minimum Gasteiger partial charge on any atom is -0.372 e. The van der Waals surface area contributed by atoms with Crippen molar-refractivity contribution in [2.24, 2.45) is 0 Å². The van der Waals surface area contributed by atoms with Crippen molar-refractivity contribution >= 4 is 27.4 Å². The number of sulfonamides is 1. The first-order valence-electron chi connectivity index (χ1n) is 7.60. The normalized spacial score (nSPS) is 14.1. The number of hydrogen-bond donors (Lipinski definition) is 1. The lowest BCUT2D eigenvalue weighted by atomic mass is 9.96. The molecule has 1 atom stereocenters. The van der Waals surface area contributed by atoms with Crippen LogP contribution in [-0.4, -0.2) is 27.9 Å². The van der Waals surface area contributed by atoms with Crippen LogP contribution in [0.1, 0.15) is 29.8 Å². The number of benzene rings is 2. The van der Waals surface area contributed by atoms with E-state index in [9.17, 15) is 13.2 Å². The van der Waals surface area contributed by atoms with Gasteiger partial charge in [0.15, 0.2) is 5.78 Å². The molecule has 0 aliphatic rings. The zero-order valence-corrected chi connectivity index (χ0v) is 15.8. The molecule has 0 aliphatic heterocycles. The number of ketones is 1. The molecule has 2 rings (SSSR count). The van der Waals surface area contributed by atoms with Gasteiger partial charge in [0, 0.05) is 24.2 Å². The van der Waals surface area contributed by atoms with E-state index in [0.717, 1.165) is 5.56 Å². The standard InChI is InChI=1S/C18H20ClNO4S/c1-13(21)14-6-4-9-17(10-14)25(22,23)20-12-18(2,24-3)15-7-5-8-16(19)11-15/h4-11,20H,12H2,1-3H3. The van der Waals surface area contributed by atoms with Crippen molar-refractivity contribution in [2.75, 3.05) is 13.7 Å². The zero-order chi connectivity index (χ0) is 18.7. The number of ether oxygens (including phenoxy) is 1. The highest BCUT2D eigenvalue weighted by Gasteiger charge is 2.29. The summed E-state index contributed by atoms with van der Waals surface area (Å²) in [5.74, 6) is -0.197. The third kappa shape index (κ3) is 4.67. The summed E-state index contributed by atoms with van der Waals surface area (Å²) >= 11 is 6.01. The lowest BCUT2D eigenvalue weighted by Crippen LogP contribution is -2.40. The van der Waals surface area contributed by atoms with Crippen LogP contribution in [0.25, 0.3) is 0 Å². The fraction of sp³-hybridized carbons (Fsp3) is 0.278. The average Bonchev–Trinajstić information content (AvgIpc) is 2.60. The van der Waals surface area contributed by atoms with Crippen LogP contribution in [0.3, 0.4) is 0 Å². The lowest BCUT2D eigenvalue weighted by molar-refractivity contribution is 0.00698. The number of methoxy groups -OCH3 is 1. The minimum absolute atomic E-state index is 0.0104. The van der Waals surface area contributed by atoms with Gasteiger partial charge >= 0.3 is 0 Å². The van der Waals surface area contributed by atoms with E-state index >= 15 is 0 Å². The van der Waals surface area contributed by atoms with Gasteiger partial charge in [0.2, 0.25) is 10.0 Å². The monoisotopic (exact) mass is 381 g/mol. The maximum Gasteiger partial charge on any atom is 0.240 e. The summed E-state index contributed by atoms with van der Waals surface area (Å²) in [6, 6.07) is 13.0. The number of Topliss-reactive ketones (excluding diaryl/α,β-unsaturated/α-hetero) is 1. The summed E-state index contributed by atoms with van der Waals surface area (Å²) < 4.78 is 33.2. The number of nitrogens with one attached hydrogen (secondary N) is 1. The Morgan fingerprint density at radius 3 is 2.48 bits per heavy atom. The molecule has 1 unspecified atom stereocenters. The molecule has 0 fully saturated rings. The van der Waals surface area contributed by atoms with Gasteiger partial charge in [-0.1, -0.05) is 35.9 Å². The van der Waals surface area contributed by atoms with E-state index < -0.39 is 15.6 Å². The molecular weight excluding hydrogens is 362 g/mol. The van der Waals surface area contributed by atoms with Crippen LogP contribution in [0, 0.1) is 0 Å². The van der Waals surface area contributed by atoms with E-state index in [1.165, 1.54) is 32.2 Å². The van der Waals surface area contributed by atoms with Crippen LogP contribution < -0.4 is 4.72 Å². The molecular formula is C18H20ClNO4S. The molecule has 0 saturated heterocycles. The van der Waals surface area contributed by atoms with Crippen LogP contribution in [0.5, 0.6) is 0 Å². The number of carbonyl (C=O) groups excluding carboxylic acids is 1. The van der Waals surface area contributed by atoms with Crippen molar-refractivity contribution < 1.29 is 17.9 Å². The minimum atomic E-state index is -3.79. The van der Waals surface area contributed by atoms with Gasteiger partial charge < -0.3 is 4.74 Å². The summed E-state index contributed by atoms with van der Waals surface area (Å²) in [6.45, 7) is 3.17. The zero-order valence-electron chi connectivity index (χ0n) is 14.2. The first-order valence-corrected chi connectivity index (χ1v) is 9.46. The molecule has 0 aliphatic carbocycles. The van der Waals surface area contributed by atoms with Crippen LogP contribution in [0.2, 0.25) is 5.02 Å². The van der Waals surface area contributed by atoms with Gasteiger partial charge in [0.25, 0.3) is 0 Å². The highest BCUT2D eigenvalue weighted by Crippen LogP contribution is 2.27. The van der Waals surface area contributed by atoms with E-state index in [4.69, 9.17) is 16.3 Å². The third-order valence-corrected chi connectivity index (χ3v) is 5.67. The van der Waals surface area contributed by atoms with Crippen molar-refractivity contribution in [2.45, 2.75) is 24.3 Å². The molecule has 0 spiro atoms. The van der Waals surface area contributed by atoms with E-state index in [1.54, 1.807) is 31.2 Å². The van der Waals surface area contributed by atoms with Crippen LogP contribution in [0.4, 0.5) is 0 Å². The number of hydrogen-bond acceptors (Lipinski definition) is 4. The van der Waals surface area contributed by atoms with E-state index in [1.807, 2.05) is 6.07 Å². The Hall–Kier alpha value is -1.73. The molecule has 7 heteroatoms. The van der Waals surface area contributed by atoms with Crippen molar-refractivity contribution in [1.29, 1.82) is 0 Å². The van der Waals surface area contributed by atoms with Gasteiger partial charge in [0.05, 0.1) is 4.90 Å². The smallest absolute Gasteiger partial charge is 0.240 e. The van der Waals surface area contributed by atoms with Gasteiger partial charge in [-0.05, 0) is 43.7 Å².